The van der Waals surface area contributed by atoms with E-state index in [1.54, 1.807) is 11.3 Å². The molecule has 1 aromatic rings. The molecule has 1 unspecified atom stereocenters. The summed E-state index contributed by atoms with van der Waals surface area (Å²) in [6.45, 7) is 0.717. The van der Waals surface area contributed by atoms with E-state index in [0.29, 0.717) is 17.7 Å². The minimum Gasteiger partial charge on any atom is -0.375 e. The number of rotatable bonds is 2. The number of terminal acetylenes is 1. The molecule has 0 aliphatic heterocycles. The molecule has 0 spiro atoms. The van der Waals surface area contributed by atoms with Gasteiger partial charge in [-0.05, 0) is 26.3 Å². The first-order valence-corrected chi connectivity index (χ1v) is 5.90. The number of aryl methyl sites for hydroxylation is 1. The molecule has 2 rings (SSSR count). The van der Waals surface area contributed by atoms with Crippen molar-refractivity contribution in [3.63, 3.8) is 0 Å². The molecule has 0 amide bonds. The van der Waals surface area contributed by atoms with Crippen LogP contribution < -0.4 is 5.73 Å². The van der Waals surface area contributed by atoms with Gasteiger partial charge in [-0.15, -0.1) is 17.8 Å². The first-order valence-electron chi connectivity index (χ1n) is 5.08. The standard InChI is InChI=1S/C11H15N3S/c1-3-6-14(2)8-4-5-9-10(7-8)15-11(12)13-9/h1,8H,4-7H2,2H3,(H2,12,13). The van der Waals surface area contributed by atoms with Crippen LogP contribution in [0.15, 0.2) is 0 Å². The summed E-state index contributed by atoms with van der Waals surface area (Å²) in [4.78, 5) is 7.90. The van der Waals surface area contributed by atoms with Gasteiger partial charge in [-0.1, -0.05) is 5.92 Å². The lowest BCUT2D eigenvalue weighted by Crippen LogP contribution is -2.36. The molecule has 0 saturated heterocycles. The maximum absolute atomic E-state index is 5.70. The van der Waals surface area contributed by atoms with E-state index in [1.807, 2.05) is 0 Å². The normalized spacial score (nSPS) is 19.9. The Morgan fingerprint density at radius 2 is 2.53 bits per heavy atom. The van der Waals surface area contributed by atoms with E-state index in [0.717, 1.165) is 19.3 Å². The highest BCUT2D eigenvalue weighted by molar-refractivity contribution is 7.15. The Morgan fingerprint density at radius 1 is 1.73 bits per heavy atom. The number of nitrogen functional groups attached to an aromatic ring is 1. The largest absolute Gasteiger partial charge is 0.375 e. The second kappa shape index (κ2) is 4.21. The monoisotopic (exact) mass is 221 g/mol. The van der Waals surface area contributed by atoms with Crippen LogP contribution in [0.3, 0.4) is 0 Å². The van der Waals surface area contributed by atoms with E-state index < -0.39 is 0 Å². The van der Waals surface area contributed by atoms with E-state index in [1.165, 1.54) is 10.6 Å². The highest BCUT2D eigenvalue weighted by atomic mass is 32.1. The average molecular weight is 221 g/mol. The molecule has 1 aromatic heterocycles. The van der Waals surface area contributed by atoms with Crippen molar-refractivity contribution in [2.45, 2.75) is 25.3 Å². The van der Waals surface area contributed by atoms with Gasteiger partial charge in [-0.2, -0.15) is 0 Å². The van der Waals surface area contributed by atoms with Crippen molar-refractivity contribution in [2.24, 2.45) is 0 Å². The molecule has 0 saturated carbocycles. The highest BCUT2D eigenvalue weighted by Crippen LogP contribution is 2.29. The van der Waals surface area contributed by atoms with Crippen LogP contribution in [0.1, 0.15) is 17.0 Å². The molecule has 1 aliphatic rings. The zero-order valence-electron chi connectivity index (χ0n) is 8.86. The maximum atomic E-state index is 5.70. The lowest BCUT2D eigenvalue weighted by atomic mass is 9.96. The fourth-order valence-electron chi connectivity index (χ4n) is 2.03. The van der Waals surface area contributed by atoms with Crippen LogP contribution >= 0.6 is 11.3 Å². The van der Waals surface area contributed by atoms with Gasteiger partial charge in [0.15, 0.2) is 5.13 Å². The summed E-state index contributed by atoms with van der Waals surface area (Å²) in [7, 11) is 2.08. The zero-order valence-corrected chi connectivity index (χ0v) is 9.68. The number of likely N-dealkylation sites (N-methyl/N-ethyl adjacent to an activating group) is 1. The molecule has 1 heterocycles. The quantitative estimate of drug-likeness (QED) is 0.762. The lowest BCUT2D eigenvalue weighted by molar-refractivity contribution is 0.248. The van der Waals surface area contributed by atoms with Crippen LogP contribution in [0, 0.1) is 12.3 Å². The number of aromatic nitrogens is 1. The Balaban J connectivity index is 2.08. The number of hydrogen-bond donors (Lipinski definition) is 1. The third-order valence-corrected chi connectivity index (χ3v) is 3.84. The van der Waals surface area contributed by atoms with E-state index in [2.05, 4.69) is 22.9 Å². The van der Waals surface area contributed by atoms with Gasteiger partial charge in [0.05, 0.1) is 12.2 Å². The summed E-state index contributed by atoms with van der Waals surface area (Å²) in [6.07, 6.45) is 8.52. The summed E-state index contributed by atoms with van der Waals surface area (Å²) in [5, 5.41) is 0.695. The Labute approximate surface area is 94.3 Å². The molecule has 1 atom stereocenters. The second-order valence-electron chi connectivity index (χ2n) is 3.94. The first-order chi connectivity index (χ1) is 7.20. The van der Waals surface area contributed by atoms with E-state index in [4.69, 9.17) is 12.2 Å². The minimum absolute atomic E-state index is 0.549. The number of hydrogen-bond acceptors (Lipinski definition) is 4. The fraction of sp³-hybridized carbons (Fsp3) is 0.545. The van der Waals surface area contributed by atoms with Crippen molar-refractivity contribution >= 4 is 16.5 Å². The molecule has 3 nitrogen and oxygen atoms in total. The number of thiazole rings is 1. The van der Waals surface area contributed by atoms with E-state index >= 15 is 0 Å². The lowest BCUT2D eigenvalue weighted by Gasteiger charge is -2.29. The highest BCUT2D eigenvalue weighted by Gasteiger charge is 2.24. The van der Waals surface area contributed by atoms with Gasteiger partial charge in [0, 0.05) is 10.9 Å². The molecule has 1 aliphatic carbocycles. The molecular weight excluding hydrogens is 206 g/mol. The summed E-state index contributed by atoms with van der Waals surface area (Å²) < 4.78 is 0. The van der Waals surface area contributed by atoms with Crippen molar-refractivity contribution in [1.29, 1.82) is 0 Å². The van der Waals surface area contributed by atoms with Crippen molar-refractivity contribution in [1.82, 2.24) is 9.88 Å². The number of fused-ring (bicyclic) bond motifs is 1. The topological polar surface area (TPSA) is 42.2 Å². The Morgan fingerprint density at radius 3 is 3.27 bits per heavy atom. The SMILES string of the molecule is C#CCN(C)C1CCc2nc(N)sc2C1. The van der Waals surface area contributed by atoms with Gasteiger partial charge >= 0.3 is 0 Å². The molecule has 0 bridgehead atoms. The van der Waals surface area contributed by atoms with Crippen LogP contribution in [-0.2, 0) is 12.8 Å². The summed E-state index contributed by atoms with van der Waals surface area (Å²) in [6, 6.07) is 0.549. The summed E-state index contributed by atoms with van der Waals surface area (Å²) in [5.74, 6) is 2.68. The molecule has 0 radical (unpaired) electrons. The number of anilines is 1. The minimum atomic E-state index is 0.549. The van der Waals surface area contributed by atoms with Crippen LogP contribution in [-0.4, -0.2) is 29.5 Å². The predicted octanol–water partition coefficient (Wildman–Crippen LogP) is 1.15. The van der Waals surface area contributed by atoms with Crippen molar-refractivity contribution in [3.8, 4) is 12.3 Å². The Hall–Kier alpha value is -1.05. The van der Waals surface area contributed by atoms with Gasteiger partial charge in [0.2, 0.25) is 0 Å². The zero-order chi connectivity index (χ0) is 10.8. The molecular formula is C11H15N3S. The fourth-order valence-corrected chi connectivity index (χ4v) is 2.98. The van der Waals surface area contributed by atoms with Crippen LogP contribution in [0.2, 0.25) is 0 Å². The smallest absolute Gasteiger partial charge is 0.180 e. The average Bonchev–Trinajstić information content (AvgIpc) is 2.57. The van der Waals surface area contributed by atoms with Crippen LogP contribution in [0.4, 0.5) is 5.13 Å². The molecule has 0 aromatic carbocycles. The van der Waals surface area contributed by atoms with Gasteiger partial charge < -0.3 is 5.73 Å². The van der Waals surface area contributed by atoms with Gasteiger partial charge in [0.25, 0.3) is 0 Å². The van der Waals surface area contributed by atoms with E-state index in [-0.39, 0.29) is 0 Å². The van der Waals surface area contributed by atoms with Crippen molar-refractivity contribution in [2.75, 3.05) is 19.3 Å². The molecule has 2 N–H and O–H groups in total. The number of nitrogens with two attached hydrogens (primary N) is 1. The summed E-state index contributed by atoms with van der Waals surface area (Å²) >= 11 is 1.62. The van der Waals surface area contributed by atoms with Gasteiger partial charge in [0.1, 0.15) is 0 Å². The van der Waals surface area contributed by atoms with Crippen molar-refractivity contribution in [3.05, 3.63) is 10.6 Å². The molecule has 15 heavy (non-hydrogen) atoms. The maximum Gasteiger partial charge on any atom is 0.180 e. The second-order valence-corrected chi connectivity index (χ2v) is 5.05. The Bertz CT molecular complexity index is 391. The number of nitrogens with zero attached hydrogens (tertiary/aromatic N) is 2. The molecule has 0 fully saturated rings. The molecule has 4 heteroatoms. The van der Waals surface area contributed by atoms with Gasteiger partial charge in [-0.3, -0.25) is 4.90 Å². The first kappa shape index (κ1) is 10.5. The summed E-state index contributed by atoms with van der Waals surface area (Å²) in [5.41, 5.74) is 6.90. The third-order valence-electron chi connectivity index (χ3n) is 2.89. The van der Waals surface area contributed by atoms with Crippen LogP contribution in [0.25, 0.3) is 0 Å². The predicted molar refractivity (Wildman–Crippen MR) is 63.8 cm³/mol. The Kier molecular flexibility index (Phi) is 2.94. The van der Waals surface area contributed by atoms with Crippen LogP contribution in [0.5, 0.6) is 0 Å². The third kappa shape index (κ3) is 2.14. The van der Waals surface area contributed by atoms with E-state index in [9.17, 15) is 0 Å². The van der Waals surface area contributed by atoms with Gasteiger partial charge in [-0.25, -0.2) is 4.98 Å². The molecule has 80 valence electrons. The van der Waals surface area contributed by atoms with Crippen molar-refractivity contribution < 1.29 is 0 Å².